The highest BCUT2D eigenvalue weighted by Crippen LogP contribution is 2.37. The molecule has 156 valence electrons. The molecule has 0 aliphatic carbocycles. The number of halogens is 3. The van der Waals surface area contributed by atoms with Crippen molar-refractivity contribution in [1.82, 2.24) is 4.31 Å². The summed E-state index contributed by atoms with van der Waals surface area (Å²) in [6.45, 7) is 3.40. The van der Waals surface area contributed by atoms with E-state index < -0.39 is 27.8 Å². The van der Waals surface area contributed by atoms with Crippen LogP contribution in [0.15, 0.2) is 53.4 Å². The van der Waals surface area contributed by atoms with Crippen molar-refractivity contribution >= 4 is 21.5 Å². The van der Waals surface area contributed by atoms with E-state index in [0.29, 0.717) is 5.56 Å². The molecule has 5 nitrogen and oxygen atoms in total. The number of Topliss-reactive ketones (excluding diaryl/α,β-unsaturated/α-hetero) is 1. The van der Waals surface area contributed by atoms with Gasteiger partial charge in [0.2, 0.25) is 10.0 Å². The molecule has 29 heavy (non-hydrogen) atoms. The molecule has 1 atom stereocenters. The van der Waals surface area contributed by atoms with E-state index in [-0.39, 0.29) is 36.0 Å². The van der Waals surface area contributed by atoms with Crippen molar-refractivity contribution in [2.75, 3.05) is 24.5 Å². The summed E-state index contributed by atoms with van der Waals surface area (Å²) in [5, 5.41) is 0. The molecule has 0 aromatic heterocycles. The van der Waals surface area contributed by atoms with Gasteiger partial charge in [0.25, 0.3) is 0 Å². The normalized spacial score (nSPS) is 18.7. The minimum atomic E-state index is -4.48. The number of para-hydroxylation sites is 1. The van der Waals surface area contributed by atoms with Gasteiger partial charge in [-0.25, -0.2) is 8.42 Å². The molecule has 0 radical (unpaired) electrons. The topological polar surface area (TPSA) is 57.7 Å². The predicted octanol–water partition coefficient (Wildman–Crippen LogP) is 3.81. The standard InChI is InChI=1S/C20H21F3N2O3S/c1-14-13-24(19-6-4-3-5-18(19)20(21,22)23)11-12-25(14)29(27,28)17-9-7-16(8-10-17)15(2)26/h3-10,14H,11-13H2,1-2H3. The van der Waals surface area contributed by atoms with Crippen LogP contribution in [0.3, 0.4) is 0 Å². The highest BCUT2D eigenvalue weighted by atomic mass is 32.2. The molecule has 9 heteroatoms. The summed E-state index contributed by atoms with van der Waals surface area (Å²) in [5.41, 5.74) is -0.274. The number of benzene rings is 2. The van der Waals surface area contributed by atoms with Crippen LogP contribution < -0.4 is 4.90 Å². The highest BCUT2D eigenvalue weighted by Gasteiger charge is 2.38. The Balaban J connectivity index is 1.83. The smallest absolute Gasteiger partial charge is 0.368 e. The Labute approximate surface area is 167 Å². The van der Waals surface area contributed by atoms with Crippen molar-refractivity contribution in [3.05, 3.63) is 59.7 Å². The van der Waals surface area contributed by atoms with Gasteiger partial charge in [-0.05, 0) is 38.1 Å². The molecule has 0 bridgehead atoms. The number of piperazine rings is 1. The van der Waals surface area contributed by atoms with Crippen molar-refractivity contribution in [3.8, 4) is 0 Å². The first-order chi connectivity index (χ1) is 13.5. The molecule has 1 aliphatic rings. The van der Waals surface area contributed by atoms with Gasteiger partial charge in [-0.3, -0.25) is 4.79 Å². The van der Waals surface area contributed by atoms with Crippen molar-refractivity contribution in [1.29, 1.82) is 0 Å². The molecule has 0 saturated carbocycles. The maximum absolute atomic E-state index is 13.3. The Morgan fingerprint density at radius 2 is 1.66 bits per heavy atom. The summed E-state index contributed by atoms with van der Waals surface area (Å²) in [7, 11) is -3.82. The number of ketones is 1. The van der Waals surface area contributed by atoms with E-state index in [1.807, 2.05) is 0 Å². The van der Waals surface area contributed by atoms with Crippen LogP contribution in [0.25, 0.3) is 0 Å². The number of carbonyl (C=O) groups excluding carboxylic acids is 1. The number of rotatable bonds is 4. The van der Waals surface area contributed by atoms with Crippen LogP contribution in [0.1, 0.15) is 29.8 Å². The van der Waals surface area contributed by atoms with Crippen LogP contribution in [0.4, 0.5) is 18.9 Å². The number of alkyl halides is 3. The molecule has 1 heterocycles. The van der Waals surface area contributed by atoms with E-state index >= 15 is 0 Å². The third-order valence-corrected chi connectivity index (χ3v) is 7.01. The van der Waals surface area contributed by atoms with E-state index in [1.165, 1.54) is 53.7 Å². The molecular formula is C20H21F3N2O3S. The molecule has 2 aromatic rings. The average Bonchev–Trinajstić information content (AvgIpc) is 2.67. The third-order valence-electron chi connectivity index (χ3n) is 4.98. The predicted molar refractivity (Wildman–Crippen MR) is 103 cm³/mol. The summed E-state index contributed by atoms with van der Waals surface area (Å²) in [6.07, 6.45) is -4.48. The first-order valence-electron chi connectivity index (χ1n) is 9.06. The molecule has 1 saturated heterocycles. The van der Waals surface area contributed by atoms with Gasteiger partial charge in [0.05, 0.1) is 10.5 Å². The lowest BCUT2D eigenvalue weighted by Crippen LogP contribution is -2.54. The summed E-state index contributed by atoms with van der Waals surface area (Å²) < 4.78 is 67.2. The Kier molecular flexibility index (Phi) is 5.73. The summed E-state index contributed by atoms with van der Waals surface area (Å²) in [5.74, 6) is -0.167. The fraction of sp³-hybridized carbons (Fsp3) is 0.350. The molecular weight excluding hydrogens is 405 g/mol. The molecule has 0 amide bonds. The highest BCUT2D eigenvalue weighted by molar-refractivity contribution is 7.89. The van der Waals surface area contributed by atoms with Gasteiger partial charge in [0.1, 0.15) is 0 Å². The monoisotopic (exact) mass is 426 g/mol. The largest absolute Gasteiger partial charge is 0.418 e. The molecule has 1 fully saturated rings. The van der Waals surface area contributed by atoms with Crippen molar-refractivity contribution in [2.45, 2.75) is 31.0 Å². The van der Waals surface area contributed by atoms with E-state index in [4.69, 9.17) is 0 Å². The van der Waals surface area contributed by atoms with Crippen molar-refractivity contribution in [2.24, 2.45) is 0 Å². The van der Waals surface area contributed by atoms with Crippen LogP contribution >= 0.6 is 0 Å². The fourth-order valence-electron chi connectivity index (χ4n) is 3.50. The molecule has 2 aromatic carbocycles. The minimum absolute atomic E-state index is 0.0507. The SMILES string of the molecule is CC(=O)c1ccc(S(=O)(=O)N2CCN(c3ccccc3C(F)(F)F)CC2C)cc1. The zero-order chi connectivity index (χ0) is 21.4. The lowest BCUT2D eigenvalue weighted by atomic mass is 10.1. The van der Waals surface area contributed by atoms with E-state index in [1.54, 1.807) is 11.8 Å². The van der Waals surface area contributed by atoms with Gasteiger partial charge < -0.3 is 4.90 Å². The first kappa shape index (κ1) is 21.3. The Morgan fingerprint density at radius 1 is 1.03 bits per heavy atom. The number of carbonyl (C=O) groups is 1. The fourth-order valence-corrected chi connectivity index (χ4v) is 5.12. The Morgan fingerprint density at radius 3 is 2.21 bits per heavy atom. The number of sulfonamides is 1. The Bertz CT molecular complexity index is 1000. The van der Waals surface area contributed by atoms with Gasteiger partial charge in [-0.2, -0.15) is 17.5 Å². The van der Waals surface area contributed by atoms with Gasteiger partial charge in [-0.15, -0.1) is 0 Å². The van der Waals surface area contributed by atoms with Gasteiger partial charge in [0.15, 0.2) is 5.78 Å². The maximum atomic E-state index is 13.3. The number of hydrogen-bond donors (Lipinski definition) is 0. The van der Waals surface area contributed by atoms with Gasteiger partial charge >= 0.3 is 6.18 Å². The molecule has 0 N–H and O–H groups in total. The maximum Gasteiger partial charge on any atom is 0.418 e. The van der Waals surface area contributed by atoms with E-state index in [2.05, 4.69) is 0 Å². The second kappa shape index (κ2) is 7.79. The van der Waals surface area contributed by atoms with Crippen molar-refractivity contribution in [3.63, 3.8) is 0 Å². The molecule has 1 unspecified atom stereocenters. The first-order valence-corrected chi connectivity index (χ1v) is 10.5. The van der Waals surface area contributed by atoms with Crippen LogP contribution in [-0.4, -0.2) is 44.2 Å². The van der Waals surface area contributed by atoms with Crippen LogP contribution in [-0.2, 0) is 16.2 Å². The summed E-state index contributed by atoms with van der Waals surface area (Å²) in [6, 6.07) is 10.4. The number of nitrogens with zero attached hydrogens (tertiary/aromatic N) is 2. The third kappa shape index (κ3) is 4.30. The van der Waals surface area contributed by atoms with Crippen molar-refractivity contribution < 1.29 is 26.4 Å². The summed E-state index contributed by atoms with van der Waals surface area (Å²) in [4.78, 5) is 13.0. The minimum Gasteiger partial charge on any atom is -0.368 e. The zero-order valence-electron chi connectivity index (χ0n) is 16.0. The van der Waals surface area contributed by atoms with E-state index in [0.717, 1.165) is 6.07 Å². The van der Waals surface area contributed by atoms with Gasteiger partial charge in [-0.1, -0.05) is 24.3 Å². The zero-order valence-corrected chi connectivity index (χ0v) is 16.8. The quantitative estimate of drug-likeness (QED) is 0.698. The van der Waals surface area contributed by atoms with Gasteiger partial charge in [0, 0.05) is 36.9 Å². The summed E-state index contributed by atoms with van der Waals surface area (Å²) >= 11 is 0. The Hall–Kier alpha value is -2.39. The lowest BCUT2D eigenvalue weighted by Gasteiger charge is -2.40. The van der Waals surface area contributed by atoms with Crippen LogP contribution in [0, 0.1) is 0 Å². The van der Waals surface area contributed by atoms with Crippen LogP contribution in [0.2, 0.25) is 0 Å². The molecule has 0 spiro atoms. The second-order valence-corrected chi connectivity index (χ2v) is 8.90. The van der Waals surface area contributed by atoms with Crippen LogP contribution in [0.5, 0.6) is 0 Å². The van der Waals surface area contributed by atoms with E-state index in [9.17, 15) is 26.4 Å². The number of anilines is 1. The molecule has 1 aliphatic heterocycles. The average molecular weight is 426 g/mol. The number of hydrogen-bond acceptors (Lipinski definition) is 4. The second-order valence-electron chi connectivity index (χ2n) is 7.01. The molecule has 3 rings (SSSR count). The lowest BCUT2D eigenvalue weighted by molar-refractivity contribution is -0.137.